The number of benzene rings is 3. The van der Waals surface area contributed by atoms with Gasteiger partial charge in [0.05, 0.1) is 11.7 Å². The third-order valence-corrected chi connectivity index (χ3v) is 4.64. The van der Waals surface area contributed by atoms with E-state index in [4.69, 9.17) is 0 Å². The van der Waals surface area contributed by atoms with Crippen LogP contribution in [0.15, 0.2) is 60.7 Å². The molecular weight excluding hydrogens is 376 g/mol. The molecule has 0 saturated carbocycles. The lowest BCUT2D eigenvalue weighted by atomic mass is 9.98. The van der Waals surface area contributed by atoms with Gasteiger partial charge in [-0.2, -0.15) is 0 Å². The average Bonchev–Trinajstić information content (AvgIpc) is 2.70. The largest absolute Gasteiger partial charge is 0.346 e. The highest BCUT2D eigenvalue weighted by atomic mass is 19.1. The van der Waals surface area contributed by atoms with Gasteiger partial charge < -0.3 is 15.5 Å². The number of hydrogen-bond acceptors (Lipinski definition) is 3. The molecule has 29 heavy (non-hydrogen) atoms. The second-order valence-corrected chi connectivity index (χ2v) is 6.84. The summed E-state index contributed by atoms with van der Waals surface area (Å²) < 4.78 is 26.9. The minimum Gasteiger partial charge on any atom is -0.346 e. The minimum absolute atomic E-state index is 0.166. The summed E-state index contributed by atoms with van der Waals surface area (Å²) in [5.74, 6) is -3.54. The van der Waals surface area contributed by atoms with Crippen LogP contribution in [0.2, 0.25) is 0 Å². The van der Waals surface area contributed by atoms with Crippen molar-refractivity contribution in [1.29, 1.82) is 0 Å². The van der Waals surface area contributed by atoms with Crippen LogP contribution in [0.4, 0.5) is 14.5 Å². The first-order valence-electron chi connectivity index (χ1n) is 9.05. The number of hydrogen-bond donors (Lipinski definition) is 2. The van der Waals surface area contributed by atoms with Gasteiger partial charge in [-0.25, -0.2) is 8.78 Å². The fraction of sp³-hybridized carbons (Fsp3) is 0.182. The van der Waals surface area contributed by atoms with Crippen molar-refractivity contribution in [2.45, 2.75) is 6.04 Å². The fourth-order valence-corrected chi connectivity index (χ4v) is 3.15. The lowest BCUT2D eigenvalue weighted by molar-refractivity contribution is -0.136. The van der Waals surface area contributed by atoms with Crippen LogP contribution in [0.5, 0.6) is 0 Å². The topological polar surface area (TPSA) is 61.4 Å². The van der Waals surface area contributed by atoms with Gasteiger partial charge in [0.15, 0.2) is 0 Å². The van der Waals surface area contributed by atoms with Crippen LogP contribution in [0.25, 0.3) is 10.8 Å². The van der Waals surface area contributed by atoms with Crippen molar-refractivity contribution in [2.24, 2.45) is 0 Å². The molecule has 3 aromatic rings. The van der Waals surface area contributed by atoms with Crippen molar-refractivity contribution >= 4 is 28.3 Å². The number of anilines is 1. The highest BCUT2D eigenvalue weighted by Gasteiger charge is 2.21. The van der Waals surface area contributed by atoms with Gasteiger partial charge in [0.2, 0.25) is 0 Å². The summed E-state index contributed by atoms with van der Waals surface area (Å²) >= 11 is 0. The van der Waals surface area contributed by atoms with Crippen LogP contribution in [0.1, 0.15) is 11.6 Å². The van der Waals surface area contributed by atoms with Gasteiger partial charge >= 0.3 is 11.8 Å². The van der Waals surface area contributed by atoms with Gasteiger partial charge in [0, 0.05) is 12.6 Å². The van der Waals surface area contributed by atoms with Gasteiger partial charge in [-0.1, -0.05) is 42.5 Å². The molecule has 0 aliphatic rings. The SMILES string of the molecule is CN(C)[C@@H](CNC(=O)C(=O)Nc1cc(F)ccc1F)c1cccc2ccccc12. The van der Waals surface area contributed by atoms with Crippen LogP contribution >= 0.6 is 0 Å². The molecule has 2 amide bonds. The number of amides is 2. The van der Waals surface area contributed by atoms with E-state index in [1.807, 2.05) is 61.5 Å². The van der Waals surface area contributed by atoms with Crippen LogP contribution in [0.3, 0.4) is 0 Å². The van der Waals surface area contributed by atoms with Crippen molar-refractivity contribution in [3.8, 4) is 0 Å². The Hall–Kier alpha value is -3.32. The van der Waals surface area contributed by atoms with Gasteiger partial charge in [0.1, 0.15) is 11.6 Å². The zero-order chi connectivity index (χ0) is 21.0. The molecule has 0 aromatic heterocycles. The number of rotatable bonds is 5. The molecule has 0 radical (unpaired) electrons. The molecule has 0 bridgehead atoms. The number of likely N-dealkylation sites (N-methyl/N-ethyl adjacent to an activating group) is 1. The molecule has 0 aliphatic heterocycles. The van der Waals surface area contributed by atoms with Crippen LogP contribution < -0.4 is 10.6 Å². The van der Waals surface area contributed by atoms with Crippen LogP contribution in [-0.4, -0.2) is 37.4 Å². The highest BCUT2D eigenvalue weighted by molar-refractivity contribution is 6.39. The maximum absolute atomic E-state index is 13.7. The first-order valence-corrected chi connectivity index (χ1v) is 9.05. The number of nitrogens with one attached hydrogen (secondary N) is 2. The third kappa shape index (κ3) is 4.75. The van der Waals surface area contributed by atoms with Gasteiger partial charge in [-0.15, -0.1) is 0 Å². The predicted octanol–water partition coefficient (Wildman–Crippen LogP) is 3.48. The minimum atomic E-state index is -1.06. The molecule has 0 fully saturated rings. The lowest BCUT2D eigenvalue weighted by Gasteiger charge is -2.26. The Morgan fingerprint density at radius 2 is 1.69 bits per heavy atom. The van der Waals surface area contributed by atoms with Crippen molar-refractivity contribution < 1.29 is 18.4 Å². The first kappa shape index (κ1) is 20.4. The molecule has 3 rings (SSSR count). The zero-order valence-electron chi connectivity index (χ0n) is 16.1. The molecule has 5 nitrogen and oxygen atoms in total. The van der Waals surface area contributed by atoms with E-state index >= 15 is 0 Å². The van der Waals surface area contributed by atoms with Gasteiger partial charge in [0.25, 0.3) is 0 Å². The number of nitrogens with zero attached hydrogens (tertiary/aromatic N) is 1. The molecule has 0 heterocycles. The predicted molar refractivity (Wildman–Crippen MR) is 108 cm³/mol. The highest BCUT2D eigenvalue weighted by Crippen LogP contribution is 2.26. The van der Waals surface area contributed by atoms with E-state index in [0.717, 1.165) is 34.5 Å². The second kappa shape index (κ2) is 8.79. The quantitative estimate of drug-likeness (QED) is 0.648. The Balaban J connectivity index is 1.72. The van der Waals surface area contributed by atoms with Crippen molar-refractivity contribution in [3.63, 3.8) is 0 Å². The Labute approximate surface area is 167 Å². The average molecular weight is 397 g/mol. The third-order valence-electron chi connectivity index (χ3n) is 4.64. The maximum Gasteiger partial charge on any atom is 0.313 e. The number of carbonyl (C=O) groups excluding carboxylic acids is 2. The number of carbonyl (C=O) groups is 2. The molecule has 0 unspecified atom stereocenters. The van der Waals surface area contributed by atoms with E-state index in [0.29, 0.717) is 0 Å². The van der Waals surface area contributed by atoms with E-state index in [-0.39, 0.29) is 18.3 Å². The summed E-state index contributed by atoms with van der Waals surface area (Å²) in [5, 5.41) is 6.79. The molecule has 0 spiro atoms. The van der Waals surface area contributed by atoms with Crippen LogP contribution in [0, 0.1) is 11.6 Å². The molecule has 0 saturated heterocycles. The van der Waals surface area contributed by atoms with E-state index in [2.05, 4.69) is 10.6 Å². The molecule has 3 aromatic carbocycles. The van der Waals surface area contributed by atoms with Crippen molar-refractivity contribution in [3.05, 3.63) is 77.9 Å². The molecule has 2 N–H and O–H groups in total. The number of fused-ring (bicyclic) bond motifs is 1. The van der Waals surface area contributed by atoms with Gasteiger partial charge in [-0.3, -0.25) is 9.59 Å². The number of halogens is 2. The maximum atomic E-state index is 13.7. The lowest BCUT2D eigenvalue weighted by Crippen LogP contribution is -2.40. The molecule has 0 aliphatic carbocycles. The van der Waals surface area contributed by atoms with Gasteiger partial charge in [-0.05, 0) is 42.6 Å². The normalized spacial score (nSPS) is 12.0. The van der Waals surface area contributed by atoms with E-state index in [1.54, 1.807) is 0 Å². The summed E-state index contributed by atoms with van der Waals surface area (Å²) in [6, 6.07) is 16.3. The second-order valence-electron chi connectivity index (χ2n) is 6.84. The summed E-state index contributed by atoms with van der Waals surface area (Å²) in [7, 11) is 3.75. The molecule has 7 heteroatoms. The Bertz CT molecular complexity index is 1050. The standard InChI is InChI=1S/C22H21F2N3O2/c1-27(2)20(17-9-5-7-14-6-3-4-8-16(14)17)13-25-21(28)22(29)26-19-12-15(23)10-11-18(19)24/h3-12,20H,13H2,1-2H3,(H,25,28)(H,26,29)/t20-/m0/s1. The summed E-state index contributed by atoms with van der Waals surface area (Å²) in [5.41, 5.74) is 0.619. The molecule has 1 atom stereocenters. The fourth-order valence-electron chi connectivity index (χ4n) is 3.15. The summed E-state index contributed by atoms with van der Waals surface area (Å²) in [4.78, 5) is 26.2. The van der Waals surface area contributed by atoms with Crippen molar-refractivity contribution in [1.82, 2.24) is 10.2 Å². The van der Waals surface area contributed by atoms with Crippen LogP contribution in [-0.2, 0) is 9.59 Å². The van der Waals surface area contributed by atoms with E-state index < -0.39 is 23.4 Å². The first-order chi connectivity index (χ1) is 13.9. The van der Waals surface area contributed by atoms with E-state index in [9.17, 15) is 18.4 Å². The summed E-state index contributed by atoms with van der Waals surface area (Å²) in [6.45, 7) is 0.166. The molecular formula is C22H21F2N3O2. The Morgan fingerprint density at radius 1 is 0.966 bits per heavy atom. The van der Waals surface area contributed by atoms with E-state index in [1.165, 1.54) is 0 Å². The zero-order valence-corrected chi connectivity index (χ0v) is 16.1. The Morgan fingerprint density at radius 3 is 2.45 bits per heavy atom. The summed E-state index contributed by atoms with van der Waals surface area (Å²) in [6.07, 6.45) is 0. The monoisotopic (exact) mass is 397 g/mol. The molecule has 150 valence electrons. The Kier molecular flexibility index (Phi) is 6.19. The smallest absolute Gasteiger partial charge is 0.313 e. The van der Waals surface area contributed by atoms with Crippen molar-refractivity contribution in [2.75, 3.05) is 26.0 Å².